The Morgan fingerprint density at radius 1 is 0.318 bits per heavy atom. The Hall–Kier alpha value is -3.30. The molecular weight excluding hydrogens is 1340 g/mol. The molecule has 15 nitrogen and oxygen atoms in total. The van der Waals surface area contributed by atoms with Gasteiger partial charge in [0.1, 0.15) is 18.3 Å². The third-order valence-corrected chi connectivity index (χ3v) is 34.9. The molecule has 20 aliphatic carbocycles. The first-order chi connectivity index (χ1) is 48.4. The summed E-state index contributed by atoms with van der Waals surface area (Å²) in [5.74, 6) is 15.4. The van der Waals surface area contributed by atoms with Crippen molar-refractivity contribution < 1.29 is 71.4 Å². The topological polar surface area (TPSA) is 185 Å². The summed E-state index contributed by atoms with van der Waals surface area (Å²) in [6, 6.07) is 0. The first kappa shape index (κ1) is 84.6. The maximum atomic E-state index is 13.2. The van der Waals surface area contributed by atoms with E-state index in [9.17, 15) is 28.8 Å². The fourth-order valence-corrected chi connectivity index (χ4v) is 29.8. The Morgan fingerprint density at radius 3 is 0.981 bits per heavy atom. The number of carbonyl (C=O) groups excluding carboxylic acids is 6. The van der Waals surface area contributed by atoms with Crippen molar-refractivity contribution in [1.82, 2.24) is 0 Å². The molecule has 0 aromatic rings. The van der Waals surface area contributed by atoms with Crippen LogP contribution in [0.15, 0.2) is 0 Å². The molecule has 0 aromatic carbocycles. The lowest BCUT2D eigenvalue weighted by atomic mass is 9.50. The molecule has 27 atom stereocenters. The van der Waals surface area contributed by atoms with Gasteiger partial charge in [0.05, 0.1) is 53.3 Å². The number of rotatable bonds is 23. The highest BCUT2D eigenvalue weighted by Gasteiger charge is 2.70. The molecule has 0 aliphatic heterocycles. The van der Waals surface area contributed by atoms with E-state index in [0.717, 1.165) is 144 Å². The molecule has 0 heterocycles. The van der Waals surface area contributed by atoms with Crippen molar-refractivity contribution >= 4 is 35.8 Å². The Bertz CT molecular complexity index is 3090. The van der Waals surface area contributed by atoms with Gasteiger partial charge in [0, 0.05) is 0 Å². The molecule has 0 saturated heterocycles. The fourth-order valence-electron chi connectivity index (χ4n) is 29.8. The molecule has 0 aromatic heterocycles. The molecule has 610 valence electrons. The smallest absolute Gasteiger partial charge is 0.311 e. The SMILES string of the molecule is C.C.C.C.C.C.CCC(C)(C)C(=O)OC1CC2CC1C1C3CC(CC3C(=O)OCOC3CC4CCC3C4)C21.CCC(C)(C)C(=O)OC1CC2CC1C1C3CC(CC3C(=O)OCOCC34CC5CC(CC(C5)C3)C4)C21.CCC(C)(C)C(=O)OC1CC2CC1C1C3CC(CC3C(=O)OCOCC34CCC(CC3)C4)C21. The summed E-state index contributed by atoms with van der Waals surface area (Å²) in [5.41, 5.74) is -0.513. The normalized spacial score (nSPS) is 45.3. The molecule has 15 heteroatoms. The fraction of sp³-hybridized carbons (Fsp3) is 0.935. The summed E-state index contributed by atoms with van der Waals surface area (Å²) < 4.78 is 53.4. The number of hydrogen-bond donors (Lipinski definition) is 0. The van der Waals surface area contributed by atoms with Crippen LogP contribution in [0.25, 0.3) is 0 Å². The molecule has 0 amide bonds. The van der Waals surface area contributed by atoms with Crippen molar-refractivity contribution in [2.75, 3.05) is 33.6 Å². The highest BCUT2D eigenvalue weighted by molar-refractivity contribution is 5.78. The molecule has 20 rings (SSSR count). The van der Waals surface area contributed by atoms with E-state index in [1.807, 2.05) is 55.4 Å². The highest BCUT2D eigenvalue weighted by Crippen LogP contribution is 2.73. The molecule has 20 aliphatic rings. The molecular formula is C92H152O15. The largest absolute Gasteiger partial charge is 0.462 e. The van der Waals surface area contributed by atoms with Gasteiger partial charge in [-0.2, -0.15) is 0 Å². The van der Waals surface area contributed by atoms with Crippen molar-refractivity contribution in [1.29, 1.82) is 0 Å². The lowest BCUT2D eigenvalue weighted by molar-refractivity contribution is -0.175. The maximum absolute atomic E-state index is 13.2. The highest BCUT2D eigenvalue weighted by atomic mass is 16.7. The van der Waals surface area contributed by atoms with Crippen molar-refractivity contribution in [3.05, 3.63) is 0 Å². The zero-order valence-electron chi connectivity index (χ0n) is 63.3. The molecule has 107 heavy (non-hydrogen) atoms. The van der Waals surface area contributed by atoms with Crippen LogP contribution in [-0.2, 0) is 71.4 Å². The van der Waals surface area contributed by atoms with E-state index in [4.69, 9.17) is 42.6 Å². The summed E-state index contributed by atoms with van der Waals surface area (Å²) >= 11 is 0. The van der Waals surface area contributed by atoms with Crippen LogP contribution in [0, 0.1) is 187 Å². The standard InChI is InChI=1S/C31H46O5.C28H42O5.C27H40O5.6CH4/c1-4-30(2,3)29(33)36-25-11-21-10-24(25)27-22-8-20(26(21)27)9-23(22)28(32)35-16-34-15-31-12-17-5-18(13-31)7-19(6-17)14-31;1-4-27(2,3)26(30)33-22-12-18-11-21(22)24-19-9-17(23(18)24)10-20(19)25(29)32-15-31-14-28-7-5-16(13-28)6-8-28;1-4-27(2,3)26(29)32-22-12-17-11-20(22)24-18-9-16(23(17)24)10-19(18)25(28)31-13-30-21-8-14-5-6-15(21)7-14;;;;;;/h17-27H,4-16H2,1-3H3;16-24H,4-15H2,1-3H3;14-24H,4-13H2,1-3H3;6*1H4. The molecule has 20 bridgehead atoms. The number of hydrogen-bond acceptors (Lipinski definition) is 15. The third kappa shape index (κ3) is 15.1. The van der Waals surface area contributed by atoms with E-state index in [1.165, 1.54) is 109 Å². The van der Waals surface area contributed by atoms with Gasteiger partial charge in [-0.15, -0.1) is 0 Å². The third-order valence-electron chi connectivity index (χ3n) is 34.9. The van der Waals surface area contributed by atoms with E-state index < -0.39 is 16.2 Å². The molecule has 0 radical (unpaired) electrons. The summed E-state index contributed by atoms with van der Waals surface area (Å²) in [6.07, 6.45) is 35.9. The molecule has 20 fully saturated rings. The summed E-state index contributed by atoms with van der Waals surface area (Å²) in [6.45, 7) is 19.9. The van der Waals surface area contributed by atoms with E-state index in [1.54, 1.807) is 0 Å². The Balaban J connectivity index is 0.000000156. The monoisotopic (exact) mass is 1500 g/mol. The van der Waals surface area contributed by atoms with E-state index in [-0.39, 0.29) is 137 Å². The Kier molecular flexibility index (Phi) is 25.4. The van der Waals surface area contributed by atoms with E-state index in [2.05, 4.69) is 6.92 Å². The Labute approximate surface area is 648 Å². The minimum absolute atomic E-state index is 0. The Morgan fingerprint density at radius 2 is 0.654 bits per heavy atom. The summed E-state index contributed by atoms with van der Waals surface area (Å²) in [4.78, 5) is 77.5. The quantitative estimate of drug-likeness (QED) is 0.0309. The van der Waals surface area contributed by atoms with Crippen molar-refractivity contribution in [2.45, 2.75) is 324 Å². The first-order valence-corrected chi connectivity index (χ1v) is 42.3. The minimum atomic E-state index is -0.418. The van der Waals surface area contributed by atoms with Gasteiger partial charge >= 0.3 is 35.8 Å². The van der Waals surface area contributed by atoms with Crippen molar-refractivity contribution in [3.63, 3.8) is 0 Å². The van der Waals surface area contributed by atoms with Gasteiger partial charge in [0.25, 0.3) is 0 Å². The van der Waals surface area contributed by atoms with Crippen LogP contribution in [0.5, 0.6) is 0 Å². The second-order valence-corrected chi connectivity index (χ2v) is 41.1. The van der Waals surface area contributed by atoms with Gasteiger partial charge in [0.15, 0.2) is 20.4 Å². The lowest BCUT2D eigenvalue weighted by Crippen LogP contribution is -2.48. The average molecular weight is 1500 g/mol. The van der Waals surface area contributed by atoms with Gasteiger partial charge in [-0.1, -0.05) is 65.3 Å². The molecule has 0 spiro atoms. The van der Waals surface area contributed by atoms with Gasteiger partial charge < -0.3 is 42.6 Å². The van der Waals surface area contributed by atoms with Crippen LogP contribution in [-0.4, -0.2) is 93.8 Å². The number of ether oxygens (including phenoxy) is 9. The van der Waals surface area contributed by atoms with Gasteiger partial charge in [-0.05, 0) is 387 Å². The molecule has 27 unspecified atom stereocenters. The van der Waals surface area contributed by atoms with Gasteiger partial charge in [-0.3, -0.25) is 28.8 Å². The summed E-state index contributed by atoms with van der Waals surface area (Å²) in [5, 5.41) is 0. The van der Waals surface area contributed by atoms with Crippen molar-refractivity contribution in [3.8, 4) is 0 Å². The zero-order valence-corrected chi connectivity index (χ0v) is 63.3. The van der Waals surface area contributed by atoms with Crippen molar-refractivity contribution in [2.24, 2.45) is 187 Å². The zero-order chi connectivity index (χ0) is 70.0. The van der Waals surface area contributed by atoms with Crippen LogP contribution < -0.4 is 0 Å². The molecule has 20 saturated carbocycles. The van der Waals surface area contributed by atoms with Crippen LogP contribution in [0.3, 0.4) is 0 Å². The maximum Gasteiger partial charge on any atom is 0.311 e. The predicted molar refractivity (Wildman–Crippen MR) is 416 cm³/mol. The second kappa shape index (κ2) is 32.2. The summed E-state index contributed by atoms with van der Waals surface area (Å²) in [7, 11) is 0. The number of fused-ring (bicyclic) bond motifs is 31. The van der Waals surface area contributed by atoms with Crippen LogP contribution >= 0.6 is 0 Å². The van der Waals surface area contributed by atoms with Crippen LogP contribution in [0.1, 0.15) is 299 Å². The first-order valence-electron chi connectivity index (χ1n) is 42.3. The molecule has 0 N–H and O–H groups in total. The van der Waals surface area contributed by atoms with Gasteiger partial charge in [0.2, 0.25) is 0 Å². The number of esters is 6. The van der Waals surface area contributed by atoms with Crippen LogP contribution in [0.2, 0.25) is 0 Å². The van der Waals surface area contributed by atoms with Crippen LogP contribution in [0.4, 0.5) is 0 Å². The average Bonchev–Trinajstić information content (AvgIpc) is 1.55. The van der Waals surface area contributed by atoms with E-state index >= 15 is 0 Å². The predicted octanol–water partition coefficient (Wildman–Crippen LogP) is 20.1. The second-order valence-electron chi connectivity index (χ2n) is 41.1. The minimum Gasteiger partial charge on any atom is -0.462 e. The van der Waals surface area contributed by atoms with Gasteiger partial charge in [-0.25, -0.2) is 0 Å². The number of carbonyl (C=O) groups is 6. The lowest BCUT2D eigenvalue weighted by Gasteiger charge is -2.56. The van der Waals surface area contributed by atoms with E-state index in [0.29, 0.717) is 112 Å².